The van der Waals surface area contributed by atoms with E-state index in [1.807, 2.05) is 33.9 Å². The number of carbonyl (C=O) groups excluding carboxylic acids is 2. The van der Waals surface area contributed by atoms with Crippen molar-refractivity contribution in [2.45, 2.75) is 30.7 Å². The third-order valence-corrected chi connectivity index (χ3v) is 5.87. The lowest BCUT2D eigenvalue weighted by Gasteiger charge is -2.39. The number of hydrogen-bond donors (Lipinski definition) is 1. The number of thiophene rings is 1. The van der Waals surface area contributed by atoms with Crippen molar-refractivity contribution in [1.29, 1.82) is 0 Å². The molecule has 1 atom stereocenters. The summed E-state index contributed by atoms with van der Waals surface area (Å²) in [5.41, 5.74) is 1.62. The Kier molecular flexibility index (Phi) is 3.84. The maximum absolute atomic E-state index is 12.5. The smallest absolute Gasteiger partial charge is 0.254 e. The SMILES string of the molecule is O=C1NC2(CCN(C(=O)c3ccsc3)CC2)C[C@@H]1c1ccncc1. The van der Waals surface area contributed by atoms with Crippen molar-refractivity contribution >= 4 is 23.2 Å². The van der Waals surface area contributed by atoms with Gasteiger partial charge in [-0.05, 0) is 48.4 Å². The molecule has 124 valence electrons. The predicted molar refractivity (Wildman–Crippen MR) is 91.9 cm³/mol. The molecule has 2 fully saturated rings. The van der Waals surface area contributed by atoms with Crippen molar-refractivity contribution in [3.8, 4) is 0 Å². The van der Waals surface area contributed by atoms with Crippen LogP contribution >= 0.6 is 11.3 Å². The van der Waals surface area contributed by atoms with Gasteiger partial charge in [-0.15, -0.1) is 0 Å². The lowest BCUT2D eigenvalue weighted by molar-refractivity contribution is -0.121. The van der Waals surface area contributed by atoms with Gasteiger partial charge >= 0.3 is 0 Å². The van der Waals surface area contributed by atoms with Crippen LogP contribution in [0.2, 0.25) is 0 Å². The summed E-state index contributed by atoms with van der Waals surface area (Å²) >= 11 is 1.54. The third kappa shape index (κ3) is 2.71. The first-order valence-electron chi connectivity index (χ1n) is 8.20. The van der Waals surface area contributed by atoms with E-state index >= 15 is 0 Å². The molecule has 5 nitrogen and oxygen atoms in total. The van der Waals surface area contributed by atoms with Gasteiger partial charge in [0.2, 0.25) is 5.91 Å². The largest absolute Gasteiger partial charge is 0.350 e. The second-order valence-corrected chi connectivity index (χ2v) is 7.39. The Morgan fingerprint density at radius 3 is 2.67 bits per heavy atom. The van der Waals surface area contributed by atoms with E-state index in [0.717, 1.165) is 30.4 Å². The third-order valence-electron chi connectivity index (χ3n) is 5.18. The average molecular weight is 341 g/mol. The van der Waals surface area contributed by atoms with Gasteiger partial charge in [0.1, 0.15) is 0 Å². The fraction of sp³-hybridized carbons (Fsp3) is 0.389. The van der Waals surface area contributed by atoms with E-state index in [4.69, 9.17) is 0 Å². The van der Waals surface area contributed by atoms with E-state index in [1.165, 1.54) is 11.3 Å². The lowest BCUT2D eigenvalue weighted by Crippen LogP contribution is -2.52. The molecule has 2 aliphatic rings. The quantitative estimate of drug-likeness (QED) is 0.912. The molecule has 2 aromatic heterocycles. The molecule has 0 unspecified atom stereocenters. The second-order valence-electron chi connectivity index (χ2n) is 6.61. The fourth-order valence-electron chi connectivity index (χ4n) is 3.78. The first-order valence-corrected chi connectivity index (χ1v) is 9.15. The van der Waals surface area contributed by atoms with Crippen LogP contribution in [0, 0.1) is 0 Å². The molecular weight excluding hydrogens is 322 g/mol. The Balaban J connectivity index is 1.44. The molecule has 1 spiro atoms. The van der Waals surface area contributed by atoms with Crippen LogP contribution in [0.4, 0.5) is 0 Å². The molecule has 0 radical (unpaired) electrons. The van der Waals surface area contributed by atoms with Gasteiger partial charge in [-0.2, -0.15) is 11.3 Å². The van der Waals surface area contributed by atoms with Gasteiger partial charge in [0.15, 0.2) is 0 Å². The minimum absolute atomic E-state index is 0.0961. The van der Waals surface area contributed by atoms with Gasteiger partial charge in [-0.3, -0.25) is 14.6 Å². The molecule has 6 heteroatoms. The minimum Gasteiger partial charge on any atom is -0.350 e. The lowest BCUT2D eigenvalue weighted by atomic mass is 9.82. The molecule has 0 aliphatic carbocycles. The topological polar surface area (TPSA) is 62.3 Å². The van der Waals surface area contributed by atoms with Crippen LogP contribution in [-0.2, 0) is 4.79 Å². The molecule has 0 bridgehead atoms. The highest BCUT2D eigenvalue weighted by atomic mass is 32.1. The summed E-state index contributed by atoms with van der Waals surface area (Å²) in [5.74, 6) is 0.0899. The molecule has 0 saturated carbocycles. The summed E-state index contributed by atoms with van der Waals surface area (Å²) in [6.07, 6.45) is 5.90. The van der Waals surface area contributed by atoms with Gasteiger partial charge in [0, 0.05) is 36.4 Å². The van der Waals surface area contributed by atoms with Crippen LogP contribution in [0.15, 0.2) is 41.4 Å². The summed E-state index contributed by atoms with van der Waals surface area (Å²) in [4.78, 5) is 30.8. The Bertz CT molecular complexity index is 737. The van der Waals surface area contributed by atoms with Crippen LogP contribution < -0.4 is 5.32 Å². The first kappa shape index (κ1) is 15.3. The van der Waals surface area contributed by atoms with E-state index in [2.05, 4.69) is 10.3 Å². The van der Waals surface area contributed by atoms with Crippen LogP contribution in [0.1, 0.15) is 41.1 Å². The highest BCUT2D eigenvalue weighted by Crippen LogP contribution is 2.39. The van der Waals surface area contributed by atoms with Crippen molar-refractivity contribution in [2.75, 3.05) is 13.1 Å². The fourth-order valence-corrected chi connectivity index (χ4v) is 4.41. The van der Waals surface area contributed by atoms with Gasteiger partial charge < -0.3 is 10.2 Å². The van der Waals surface area contributed by atoms with Gasteiger partial charge in [-0.1, -0.05) is 0 Å². The summed E-state index contributed by atoms with van der Waals surface area (Å²) in [5, 5.41) is 7.03. The number of nitrogens with one attached hydrogen (secondary N) is 1. The minimum atomic E-state index is -0.170. The Hall–Kier alpha value is -2.21. The molecule has 2 saturated heterocycles. The number of likely N-dealkylation sites (tertiary alicyclic amines) is 1. The molecule has 24 heavy (non-hydrogen) atoms. The maximum atomic E-state index is 12.5. The number of amides is 2. The number of carbonyl (C=O) groups is 2. The Morgan fingerprint density at radius 2 is 2.00 bits per heavy atom. The average Bonchev–Trinajstić information content (AvgIpc) is 3.25. The molecular formula is C18H19N3O2S. The van der Waals surface area contributed by atoms with Gasteiger partial charge in [0.05, 0.1) is 11.5 Å². The number of aromatic nitrogens is 1. The molecule has 2 aliphatic heterocycles. The summed E-state index contributed by atoms with van der Waals surface area (Å²) in [6, 6.07) is 5.70. The van der Waals surface area contributed by atoms with Crippen molar-refractivity contribution in [3.05, 3.63) is 52.5 Å². The van der Waals surface area contributed by atoms with Crippen molar-refractivity contribution < 1.29 is 9.59 Å². The number of nitrogens with zero attached hydrogens (tertiary/aromatic N) is 2. The number of rotatable bonds is 2. The highest BCUT2D eigenvalue weighted by molar-refractivity contribution is 7.08. The van der Waals surface area contributed by atoms with Crippen molar-refractivity contribution in [3.63, 3.8) is 0 Å². The predicted octanol–water partition coefficient (Wildman–Crippen LogP) is 2.42. The summed E-state index contributed by atoms with van der Waals surface area (Å²) in [7, 11) is 0. The Labute approximate surface area is 144 Å². The van der Waals surface area contributed by atoms with Crippen LogP contribution in [0.25, 0.3) is 0 Å². The maximum Gasteiger partial charge on any atom is 0.254 e. The zero-order valence-corrected chi connectivity index (χ0v) is 14.1. The van der Waals surface area contributed by atoms with Gasteiger partial charge in [-0.25, -0.2) is 0 Å². The molecule has 2 aromatic rings. The molecule has 4 rings (SSSR count). The van der Waals surface area contributed by atoms with Crippen molar-refractivity contribution in [1.82, 2.24) is 15.2 Å². The standard InChI is InChI=1S/C18H19N3O2S/c22-16-15(13-1-6-19-7-2-13)11-18(20-16)4-8-21(9-5-18)17(23)14-3-10-24-12-14/h1-3,6-7,10,12,15H,4-5,8-9,11H2,(H,20,22)/t15-/m1/s1. The zero-order valence-electron chi connectivity index (χ0n) is 13.3. The first-order chi connectivity index (χ1) is 11.7. The van der Waals surface area contributed by atoms with Crippen LogP contribution in [0.3, 0.4) is 0 Å². The van der Waals surface area contributed by atoms with E-state index in [9.17, 15) is 9.59 Å². The van der Waals surface area contributed by atoms with E-state index < -0.39 is 0 Å². The monoisotopic (exact) mass is 341 g/mol. The molecule has 4 heterocycles. The van der Waals surface area contributed by atoms with E-state index in [0.29, 0.717) is 13.1 Å². The number of piperidine rings is 1. The molecule has 2 amide bonds. The number of hydrogen-bond acceptors (Lipinski definition) is 4. The van der Waals surface area contributed by atoms with Crippen molar-refractivity contribution in [2.24, 2.45) is 0 Å². The van der Waals surface area contributed by atoms with Gasteiger partial charge in [0.25, 0.3) is 5.91 Å². The van der Waals surface area contributed by atoms with E-state index in [1.54, 1.807) is 12.4 Å². The highest BCUT2D eigenvalue weighted by Gasteiger charge is 2.46. The Morgan fingerprint density at radius 1 is 1.25 bits per heavy atom. The van der Waals surface area contributed by atoms with E-state index in [-0.39, 0.29) is 23.3 Å². The zero-order chi connectivity index (χ0) is 16.6. The normalized spacial score (nSPS) is 22.6. The molecule has 1 N–H and O–H groups in total. The number of pyridine rings is 1. The van der Waals surface area contributed by atoms with Crippen LogP contribution in [0.5, 0.6) is 0 Å². The molecule has 0 aromatic carbocycles. The summed E-state index contributed by atoms with van der Waals surface area (Å²) < 4.78 is 0. The second kappa shape index (κ2) is 6.02. The van der Waals surface area contributed by atoms with Crippen LogP contribution in [-0.4, -0.2) is 40.3 Å². The summed E-state index contributed by atoms with van der Waals surface area (Å²) in [6.45, 7) is 1.38.